The highest BCUT2D eigenvalue weighted by molar-refractivity contribution is 6.13. The number of halogens is 1. The quantitative estimate of drug-likeness (QED) is 0.676. The minimum Gasteiger partial charge on any atom is -0.369 e. The standard InChI is InChI=1S/C24H21FN2O2/c1-24(16-29-15-22(28)27-24)20-14-19(12-13-21(20)25)26-23(17-8-4-2-5-9-17)18-10-6-3-7-11-18/h2-14H,15-16H2,1H3,(H,27,28)/t24-/m1/s1. The van der Waals surface area contributed by atoms with E-state index in [9.17, 15) is 9.18 Å². The number of ether oxygens (including phenoxy) is 1. The molecular weight excluding hydrogens is 367 g/mol. The lowest BCUT2D eigenvalue weighted by Gasteiger charge is -2.35. The summed E-state index contributed by atoms with van der Waals surface area (Å²) in [6.45, 7) is 1.94. The van der Waals surface area contributed by atoms with E-state index < -0.39 is 11.4 Å². The van der Waals surface area contributed by atoms with Gasteiger partial charge in [-0.15, -0.1) is 0 Å². The van der Waals surface area contributed by atoms with Gasteiger partial charge in [0.15, 0.2) is 0 Å². The molecule has 3 aromatic carbocycles. The van der Waals surface area contributed by atoms with Crippen molar-refractivity contribution in [3.8, 4) is 0 Å². The Hall–Kier alpha value is -3.31. The number of carbonyl (C=O) groups excluding carboxylic acids is 1. The first-order chi connectivity index (χ1) is 14.0. The van der Waals surface area contributed by atoms with Crippen LogP contribution in [0.1, 0.15) is 23.6 Å². The summed E-state index contributed by atoms with van der Waals surface area (Å²) >= 11 is 0. The van der Waals surface area contributed by atoms with Gasteiger partial charge in [0.2, 0.25) is 5.91 Å². The van der Waals surface area contributed by atoms with Gasteiger partial charge in [-0.05, 0) is 25.1 Å². The molecule has 1 aliphatic rings. The topological polar surface area (TPSA) is 50.7 Å². The molecule has 1 amide bonds. The molecule has 1 fully saturated rings. The molecule has 4 rings (SSSR count). The largest absolute Gasteiger partial charge is 0.369 e. The summed E-state index contributed by atoms with van der Waals surface area (Å²) in [5.74, 6) is -0.667. The molecule has 0 unspecified atom stereocenters. The number of benzene rings is 3. The molecule has 0 aromatic heterocycles. The lowest BCUT2D eigenvalue weighted by molar-refractivity contribution is -0.135. The molecule has 1 N–H and O–H groups in total. The summed E-state index contributed by atoms with van der Waals surface area (Å²) < 4.78 is 20.0. The minimum absolute atomic E-state index is 0.0127. The van der Waals surface area contributed by atoms with Gasteiger partial charge in [0.1, 0.15) is 12.4 Å². The van der Waals surface area contributed by atoms with Crippen molar-refractivity contribution in [2.45, 2.75) is 12.5 Å². The van der Waals surface area contributed by atoms with E-state index in [1.165, 1.54) is 6.07 Å². The highest BCUT2D eigenvalue weighted by atomic mass is 19.1. The monoisotopic (exact) mass is 388 g/mol. The molecule has 1 saturated heterocycles. The first kappa shape index (κ1) is 19.0. The fraction of sp³-hybridized carbons (Fsp3) is 0.167. The number of hydrogen-bond acceptors (Lipinski definition) is 3. The summed E-state index contributed by atoms with van der Waals surface area (Å²) in [4.78, 5) is 16.7. The maximum atomic E-state index is 14.7. The van der Waals surface area contributed by atoms with Crippen LogP contribution in [0.25, 0.3) is 0 Å². The highest BCUT2D eigenvalue weighted by Crippen LogP contribution is 2.30. The third kappa shape index (κ3) is 4.10. The third-order valence-electron chi connectivity index (χ3n) is 4.92. The molecule has 0 bridgehead atoms. The van der Waals surface area contributed by atoms with Crippen LogP contribution in [-0.2, 0) is 15.1 Å². The number of hydrogen-bond donors (Lipinski definition) is 1. The summed E-state index contributed by atoms with van der Waals surface area (Å²) in [6.07, 6.45) is 0. The van der Waals surface area contributed by atoms with E-state index in [1.54, 1.807) is 19.1 Å². The van der Waals surface area contributed by atoms with Crippen molar-refractivity contribution in [2.24, 2.45) is 4.99 Å². The molecule has 1 aliphatic heterocycles. The van der Waals surface area contributed by atoms with Gasteiger partial charge in [-0.3, -0.25) is 4.79 Å². The van der Waals surface area contributed by atoms with Crippen LogP contribution in [0.3, 0.4) is 0 Å². The maximum Gasteiger partial charge on any atom is 0.246 e. The van der Waals surface area contributed by atoms with E-state index in [1.807, 2.05) is 60.7 Å². The van der Waals surface area contributed by atoms with Crippen molar-refractivity contribution in [1.82, 2.24) is 5.32 Å². The van der Waals surface area contributed by atoms with E-state index in [0.29, 0.717) is 11.3 Å². The van der Waals surface area contributed by atoms with Crippen LogP contribution < -0.4 is 5.32 Å². The molecule has 4 nitrogen and oxygen atoms in total. The van der Waals surface area contributed by atoms with E-state index in [0.717, 1.165) is 16.8 Å². The predicted molar refractivity (Wildman–Crippen MR) is 111 cm³/mol. The van der Waals surface area contributed by atoms with Crippen molar-refractivity contribution in [3.05, 3.63) is 101 Å². The van der Waals surface area contributed by atoms with Gasteiger partial charge in [0, 0.05) is 16.7 Å². The van der Waals surface area contributed by atoms with Crippen LogP contribution in [-0.4, -0.2) is 24.8 Å². The van der Waals surface area contributed by atoms with Gasteiger partial charge in [-0.1, -0.05) is 60.7 Å². The molecule has 0 radical (unpaired) electrons. The Labute approximate surface area is 169 Å². The van der Waals surface area contributed by atoms with Crippen molar-refractivity contribution < 1.29 is 13.9 Å². The summed E-state index contributed by atoms with van der Waals surface area (Å²) in [7, 11) is 0. The normalized spacial score (nSPS) is 18.8. The number of amides is 1. The van der Waals surface area contributed by atoms with Crippen LogP contribution in [0.5, 0.6) is 0 Å². The second kappa shape index (κ2) is 7.97. The number of rotatable bonds is 4. The molecule has 1 heterocycles. The second-order valence-electron chi connectivity index (χ2n) is 7.23. The molecule has 0 aliphatic carbocycles. The summed E-state index contributed by atoms with van der Waals surface area (Å²) in [5.41, 5.74) is 2.73. The number of carbonyl (C=O) groups is 1. The number of nitrogens with zero attached hydrogens (tertiary/aromatic N) is 1. The molecule has 29 heavy (non-hydrogen) atoms. The smallest absolute Gasteiger partial charge is 0.246 e. The predicted octanol–water partition coefficient (Wildman–Crippen LogP) is 4.36. The fourth-order valence-electron chi connectivity index (χ4n) is 3.50. The van der Waals surface area contributed by atoms with Crippen LogP contribution in [0.2, 0.25) is 0 Å². The van der Waals surface area contributed by atoms with Crippen molar-refractivity contribution in [2.75, 3.05) is 13.2 Å². The van der Waals surface area contributed by atoms with Gasteiger partial charge in [-0.2, -0.15) is 0 Å². The van der Waals surface area contributed by atoms with E-state index in [4.69, 9.17) is 9.73 Å². The average Bonchev–Trinajstić information content (AvgIpc) is 2.74. The molecule has 0 spiro atoms. The Morgan fingerprint density at radius 2 is 1.62 bits per heavy atom. The van der Waals surface area contributed by atoms with Gasteiger partial charge in [-0.25, -0.2) is 9.38 Å². The van der Waals surface area contributed by atoms with Crippen LogP contribution in [0.15, 0.2) is 83.9 Å². The average molecular weight is 388 g/mol. The summed E-state index contributed by atoms with van der Waals surface area (Å²) in [5, 5.41) is 2.84. The van der Waals surface area contributed by atoms with Crippen molar-refractivity contribution in [1.29, 1.82) is 0 Å². The highest BCUT2D eigenvalue weighted by Gasteiger charge is 2.35. The number of nitrogens with one attached hydrogen (secondary N) is 1. The molecule has 0 saturated carbocycles. The molecule has 3 aromatic rings. The Morgan fingerprint density at radius 1 is 1.00 bits per heavy atom. The molecule has 1 atom stereocenters. The Kier molecular flexibility index (Phi) is 5.23. The number of aliphatic imine (C=N–C) groups is 1. The Bertz CT molecular complexity index is 1010. The van der Waals surface area contributed by atoms with Crippen LogP contribution in [0, 0.1) is 5.82 Å². The first-order valence-electron chi connectivity index (χ1n) is 9.43. The SMILES string of the molecule is C[C@]1(c2cc(N=C(c3ccccc3)c3ccccc3)ccc2F)COCC(=O)N1. The first-order valence-corrected chi connectivity index (χ1v) is 9.43. The van der Waals surface area contributed by atoms with Crippen LogP contribution in [0.4, 0.5) is 10.1 Å². The Morgan fingerprint density at radius 3 is 2.21 bits per heavy atom. The molecular formula is C24H21FN2O2. The molecule has 5 heteroatoms. The van der Waals surface area contributed by atoms with E-state index in [2.05, 4.69) is 5.32 Å². The molecule has 146 valence electrons. The lowest BCUT2D eigenvalue weighted by Crippen LogP contribution is -2.53. The van der Waals surface area contributed by atoms with Gasteiger partial charge < -0.3 is 10.1 Å². The minimum atomic E-state index is -0.940. The number of morpholine rings is 1. The zero-order chi connectivity index (χ0) is 20.3. The van der Waals surface area contributed by atoms with Gasteiger partial charge >= 0.3 is 0 Å². The Balaban J connectivity index is 1.80. The van der Waals surface area contributed by atoms with Gasteiger partial charge in [0.25, 0.3) is 0 Å². The second-order valence-corrected chi connectivity index (χ2v) is 7.23. The summed E-state index contributed by atoms with van der Waals surface area (Å²) in [6, 6.07) is 24.4. The van der Waals surface area contributed by atoms with E-state index in [-0.39, 0.29) is 19.1 Å². The lowest BCUT2D eigenvalue weighted by atomic mass is 9.91. The van der Waals surface area contributed by atoms with Crippen molar-refractivity contribution >= 4 is 17.3 Å². The third-order valence-corrected chi connectivity index (χ3v) is 4.92. The fourth-order valence-corrected chi connectivity index (χ4v) is 3.50. The van der Waals surface area contributed by atoms with Crippen LogP contribution >= 0.6 is 0 Å². The van der Waals surface area contributed by atoms with Crippen molar-refractivity contribution in [3.63, 3.8) is 0 Å². The zero-order valence-corrected chi connectivity index (χ0v) is 16.1. The van der Waals surface area contributed by atoms with Gasteiger partial charge in [0.05, 0.1) is 23.5 Å². The van der Waals surface area contributed by atoms with E-state index >= 15 is 0 Å². The maximum absolute atomic E-state index is 14.7. The zero-order valence-electron chi connectivity index (χ0n) is 16.1.